The van der Waals surface area contributed by atoms with Gasteiger partial charge in [0, 0.05) is 32.1 Å². The summed E-state index contributed by atoms with van der Waals surface area (Å²) in [7, 11) is 0. The summed E-state index contributed by atoms with van der Waals surface area (Å²) in [5.41, 5.74) is 0.911. The molecule has 8 heteroatoms. The molecule has 3 rings (SSSR count). The Labute approximate surface area is 162 Å². The van der Waals surface area contributed by atoms with Crippen molar-refractivity contribution in [3.8, 4) is 0 Å². The number of anilines is 1. The minimum absolute atomic E-state index is 0. The predicted octanol–water partition coefficient (Wildman–Crippen LogP) is 3.13. The molecule has 0 radical (unpaired) electrons. The molecular weight excluding hydrogens is 376 g/mol. The third kappa shape index (κ3) is 4.81. The van der Waals surface area contributed by atoms with Crippen LogP contribution in [-0.4, -0.2) is 36.3 Å². The van der Waals surface area contributed by atoms with Gasteiger partial charge in [0.15, 0.2) is 0 Å². The molecule has 2 aromatic carbocycles. The molecular formula is C19H20ClF2N3O2. The molecule has 1 aliphatic heterocycles. The lowest BCUT2D eigenvalue weighted by molar-refractivity contribution is -0.114. The van der Waals surface area contributed by atoms with Crippen molar-refractivity contribution in [2.24, 2.45) is 0 Å². The number of hydrogen-bond acceptors (Lipinski definition) is 3. The molecule has 0 spiro atoms. The number of rotatable bonds is 3. The predicted molar refractivity (Wildman–Crippen MR) is 101 cm³/mol. The van der Waals surface area contributed by atoms with E-state index in [-0.39, 0.29) is 41.4 Å². The Hall–Kier alpha value is -2.51. The Kier molecular flexibility index (Phi) is 6.87. The molecule has 0 aromatic heterocycles. The minimum atomic E-state index is -0.612. The zero-order valence-corrected chi connectivity index (χ0v) is 15.5. The lowest BCUT2D eigenvalue weighted by atomic mass is 10.0. The van der Waals surface area contributed by atoms with Crippen molar-refractivity contribution < 1.29 is 18.4 Å². The van der Waals surface area contributed by atoms with Gasteiger partial charge >= 0.3 is 0 Å². The van der Waals surface area contributed by atoms with Gasteiger partial charge in [0.1, 0.15) is 11.6 Å². The maximum Gasteiger partial charge on any atom is 0.254 e. The fourth-order valence-electron chi connectivity index (χ4n) is 3.07. The molecule has 2 amide bonds. The molecule has 0 saturated carbocycles. The van der Waals surface area contributed by atoms with Gasteiger partial charge in [-0.05, 0) is 35.9 Å². The van der Waals surface area contributed by atoms with Crippen LogP contribution in [0.5, 0.6) is 0 Å². The summed E-state index contributed by atoms with van der Waals surface area (Å²) in [6.45, 7) is 2.81. The van der Waals surface area contributed by atoms with Gasteiger partial charge in [-0.1, -0.05) is 12.1 Å². The van der Waals surface area contributed by atoms with E-state index < -0.39 is 11.7 Å². The number of benzene rings is 2. The van der Waals surface area contributed by atoms with E-state index in [1.807, 2.05) is 0 Å². The molecule has 2 N–H and O–H groups in total. The number of piperazine rings is 1. The summed E-state index contributed by atoms with van der Waals surface area (Å²) < 4.78 is 27.4. The van der Waals surface area contributed by atoms with E-state index >= 15 is 0 Å². The van der Waals surface area contributed by atoms with E-state index in [1.165, 1.54) is 31.2 Å². The van der Waals surface area contributed by atoms with Crippen molar-refractivity contribution in [2.45, 2.75) is 13.0 Å². The van der Waals surface area contributed by atoms with Crippen LogP contribution in [0.1, 0.15) is 28.9 Å². The Balaban J connectivity index is 0.00000261. The van der Waals surface area contributed by atoms with E-state index in [4.69, 9.17) is 0 Å². The summed E-state index contributed by atoms with van der Waals surface area (Å²) in [4.78, 5) is 25.8. The summed E-state index contributed by atoms with van der Waals surface area (Å²) in [5, 5.41) is 5.58. The first kappa shape index (κ1) is 20.8. The Morgan fingerprint density at radius 1 is 1.19 bits per heavy atom. The number of carbonyl (C=O) groups excluding carboxylic acids is 2. The summed E-state index contributed by atoms with van der Waals surface area (Å²) >= 11 is 0. The first-order valence-corrected chi connectivity index (χ1v) is 8.30. The second-order valence-electron chi connectivity index (χ2n) is 6.15. The van der Waals surface area contributed by atoms with E-state index in [1.54, 1.807) is 17.0 Å². The molecule has 1 aliphatic rings. The summed E-state index contributed by atoms with van der Waals surface area (Å²) in [5.74, 6) is -1.70. The van der Waals surface area contributed by atoms with Crippen LogP contribution >= 0.6 is 12.4 Å². The first-order chi connectivity index (χ1) is 12.5. The molecule has 1 atom stereocenters. The fraction of sp³-hybridized carbons (Fsp3) is 0.263. The van der Waals surface area contributed by atoms with Gasteiger partial charge in [0.05, 0.1) is 11.7 Å². The summed E-state index contributed by atoms with van der Waals surface area (Å²) in [6, 6.07) is 9.66. The van der Waals surface area contributed by atoms with E-state index in [0.29, 0.717) is 25.2 Å². The molecule has 1 fully saturated rings. The monoisotopic (exact) mass is 395 g/mol. The second-order valence-corrected chi connectivity index (χ2v) is 6.15. The number of halogens is 3. The van der Waals surface area contributed by atoms with Gasteiger partial charge in [0.25, 0.3) is 5.91 Å². The van der Waals surface area contributed by atoms with E-state index in [2.05, 4.69) is 10.6 Å². The van der Waals surface area contributed by atoms with Gasteiger partial charge in [-0.15, -0.1) is 12.4 Å². The molecule has 5 nitrogen and oxygen atoms in total. The third-order valence-corrected chi connectivity index (χ3v) is 4.26. The Bertz CT molecular complexity index is 847. The lowest BCUT2D eigenvalue weighted by Gasteiger charge is -2.36. The topological polar surface area (TPSA) is 61.4 Å². The van der Waals surface area contributed by atoms with Crippen LogP contribution in [0, 0.1) is 11.6 Å². The standard InChI is InChI=1S/C19H19F2N3O2.ClH/c1-12(25)23-17-10-14(5-6-16(17)21)19(26)24-8-7-22-11-18(24)13-3-2-4-15(20)9-13;/h2-6,9-10,18,22H,7-8,11H2,1H3,(H,23,25);1H. The third-order valence-electron chi connectivity index (χ3n) is 4.26. The highest BCUT2D eigenvalue weighted by Gasteiger charge is 2.29. The number of carbonyl (C=O) groups is 2. The number of nitrogens with zero attached hydrogens (tertiary/aromatic N) is 1. The largest absolute Gasteiger partial charge is 0.329 e. The summed E-state index contributed by atoms with van der Waals surface area (Å²) in [6.07, 6.45) is 0. The lowest BCUT2D eigenvalue weighted by Crippen LogP contribution is -2.48. The van der Waals surface area contributed by atoms with Crippen LogP contribution in [0.25, 0.3) is 0 Å². The van der Waals surface area contributed by atoms with Crippen LogP contribution in [0.3, 0.4) is 0 Å². The van der Waals surface area contributed by atoms with Crippen molar-refractivity contribution in [3.63, 3.8) is 0 Å². The molecule has 1 heterocycles. The van der Waals surface area contributed by atoms with Crippen molar-refractivity contribution in [1.29, 1.82) is 0 Å². The molecule has 0 bridgehead atoms. The van der Waals surface area contributed by atoms with Gasteiger partial charge in [0.2, 0.25) is 5.91 Å². The van der Waals surface area contributed by atoms with Crippen molar-refractivity contribution >= 4 is 29.9 Å². The van der Waals surface area contributed by atoms with E-state index in [0.717, 1.165) is 6.07 Å². The maximum absolute atomic E-state index is 13.8. The van der Waals surface area contributed by atoms with Crippen LogP contribution in [0.2, 0.25) is 0 Å². The number of nitrogens with one attached hydrogen (secondary N) is 2. The normalized spacial score (nSPS) is 16.4. The minimum Gasteiger partial charge on any atom is -0.329 e. The average Bonchev–Trinajstić information content (AvgIpc) is 2.62. The van der Waals surface area contributed by atoms with Crippen molar-refractivity contribution in [2.75, 3.05) is 25.0 Å². The van der Waals surface area contributed by atoms with Crippen molar-refractivity contribution in [3.05, 3.63) is 65.2 Å². The van der Waals surface area contributed by atoms with Crippen molar-refractivity contribution in [1.82, 2.24) is 10.2 Å². The van der Waals surface area contributed by atoms with Gasteiger partial charge in [-0.3, -0.25) is 9.59 Å². The molecule has 0 aliphatic carbocycles. The zero-order valence-electron chi connectivity index (χ0n) is 14.7. The van der Waals surface area contributed by atoms with Gasteiger partial charge < -0.3 is 15.5 Å². The highest BCUT2D eigenvalue weighted by atomic mass is 35.5. The first-order valence-electron chi connectivity index (χ1n) is 8.30. The van der Waals surface area contributed by atoms with E-state index in [9.17, 15) is 18.4 Å². The van der Waals surface area contributed by atoms with Gasteiger partial charge in [-0.25, -0.2) is 8.78 Å². The number of amides is 2. The highest BCUT2D eigenvalue weighted by Crippen LogP contribution is 2.26. The zero-order chi connectivity index (χ0) is 18.7. The Morgan fingerprint density at radius 3 is 2.67 bits per heavy atom. The highest BCUT2D eigenvalue weighted by molar-refractivity contribution is 5.97. The van der Waals surface area contributed by atoms with Crippen LogP contribution in [0.15, 0.2) is 42.5 Å². The smallest absolute Gasteiger partial charge is 0.254 e. The quantitative estimate of drug-likeness (QED) is 0.839. The van der Waals surface area contributed by atoms with Crippen LogP contribution in [-0.2, 0) is 4.79 Å². The molecule has 144 valence electrons. The second kappa shape index (κ2) is 8.92. The molecule has 1 unspecified atom stereocenters. The molecule has 2 aromatic rings. The molecule has 1 saturated heterocycles. The Morgan fingerprint density at radius 2 is 1.96 bits per heavy atom. The van der Waals surface area contributed by atoms with Crippen LogP contribution < -0.4 is 10.6 Å². The number of hydrogen-bond donors (Lipinski definition) is 2. The van der Waals surface area contributed by atoms with Crippen LogP contribution in [0.4, 0.5) is 14.5 Å². The van der Waals surface area contributed by atoms with Gasteiger partial charge in [-0.2, -0.15) is 0 Å². The molecule has 27 heavy (non-hydrogen) atoms. The maximum atomic E-state index is 13.8. The SMILES string of the molecule is CC(=O)Nc1cc(C(=O)N2CCNCC2c2cccc(F)c2)ccc1F.Cl. The fourth-order valence-corrected chi connectivity index (χ4v) is 3.07. The average molecular weight is 396 g/mol.